The number of aryl methyl sites for hydroxylation is 1. The topological polar surface area (TPSA) is 32.7 Å². The minimum Gasteiger partial charge on any atom is -0.491 e. The van der Waals surface area contributed by atoms with Crippen molar-refractivity contribution >= 4 is 0 Å². The molecule has 1 rings (SSSR count). The molecule has 0 aliphatic heterocycles. The van der Waals surface area contributed by atoms with E-state index in [9.17, 15) is 5.11 Å². The van der Waals surface area contributed by atoms with Gasteiger partial charge in [0.25, 0.3) is 0 Å². The third-order valence-corrected chi connectivity index (χ3v) is 2.04. The first-order valence-corrected chi connectivity index (χ1v) is 5.10. The fourth-order valence-corrected chi connectivity index (χ4v) is 1.30. The van der Waals surface area contributed by atoms with Gasteiger partial charge in [0, 0.05) is 6.54 Å². The summed E-state index contributed by atoms with van der Waals surface area (Å²) in [6, 6.07) is 7.82. The minimum atomic E-state index is -0.443. The van der Waals surface area contributed by atoms with E-state index in [0.717, 1.165) is 5.75 Å². The van der Waals surface area contributed by atoms with Gasteiger partial charge in [-0.25, -0.2) is 0 Å². The fourth-order valence-electron chi connectivity index (χ4n) is 1.30. The molecule has 84 valence electrons. The lowest BCUT2D eigenvalue weighted by molar-refractivity contribution is 0.0831. The van der Waals surface area contributed by atoms with E-state index in [2.05, 4.69) is 0 Å². The van der Waals surface area contributed by atoms with Gasteiger partial charge in [0.05, 0.1) is 0 Å². The Balaban J connectivity index is 2.33. The maximum atomic E-state index is 9.57. The maximum Gasteiger partial charge on any atom is 0.119 e. The number of hydrogen-bond donors (Lipinski definition) is 1. The summed E-state index contributed by atoms with van der Waals surface area (Å²) in [7, 11) is 3.85. The van der Waals surface area contributed by atoms with Crippen LogP contribution < -0.4 is 4.74 Å². The summed E-state index contributed by atoms with van der Waals surface area (Å²) in [5, 5.41) is 9.57. The monoisotopic (exact) mass is 209 g/mol. The zero-order valence-corrected chi connectivity index (χ0v) is 9.60. The summed E-state index contributed by atoms with van der Waals surface area (Å²) >= 11 is 0. The highest BCUT2D eigenvalue weighted by Gasteiger charge is 2.05. The maximum absolute atomic E-state index is 9.57. The Kier molecular flexibility index (Phi) is 4.59. The molecule has 0 spiro atoms. The minimum absolute atomic E-state index is 0.335. The predicted molar refractivity (Wildman–Crippen MR) is 61.2 cm³/mol. The van der Waals surface area contributed by atoms with Crippen molar-refractivity contribution in [3.05, 3.63) is 29.8 Å². The van der Waals surface area contributed by atoms with Gasteiger partial charge in [-0.1, -0.05) is 17.7 Å². The quantitative estimate of drug-likeness (QED) is 0.793. The average Bonchev–Trinajstić information content (AvgIpc) is 2.16. The molecule has 1 atom stereocenters. The van der Waals surface area contributed by atoms with Gasteiger partial charge >= 0.3 is 0 Å². The molecule has 15 heavy (non-hydrogen) atoms. The lowest BCUT2D eigenvalue weighted by Gasteiger charge is -2.16. The van der Waals surface area contributed by atoms with Gasteiger partial charge in [-0.05, 0) is 33.2 Å². The van der Waals surface area contributed by atoms with Crippen molar-refractivity contribution < 1.29 is 9.84 Å². The molecule has 3 nitrogen and oxygen atoms in total. The van der Waals surface area contributed by atoms with E-state index in [-0.39, 0.29) is 0 Å². The summed E-state index contributed by atoms with van der Waals surface area (Å²) in [5.74, 6) is 0.804. The first-order valence-electron chi connectivity index (χ1n) is 5.10. The molecule has 0 bridgehead atoms. The molecule has 0 saturated carbocycles. The lowest BCUT2D eigenvalue weighted by Crippen LogP contribution is -2.30. The number of nitrogens with zero attached hydrogens (tertiary/aromatic N) is 1. The van der Waals surface area contributed by atoms with Crippen LogP contribution in [0.25, 0.3) is 0 Å². The van der Waals surface area contributed by atoms with Crippen molar-refractivity contribution in [2.24, 2.45) is 0 Å². The van der Waals surface area contributed by atoms with Crippen molar-refractivity contribution in [2.75, 3.05) is 27.2 Å². The summed E-state index contributed by atoms with van der Waals surface area (Å²) in [6.07, 6.45) is -0.443. The first kappa shape index (κ1) is 12.0. The number of ether oxygens (including phenoxy) is 1. The van der Waals surface area contributed by atoms with E-state index in [0.29, 0.717) is 13.2 Å². The van der Waals surface area contributed by atoms with Crippen LogP contribution in [0.4, 0.5) is 0 Å². The number of rotatable bonds is 5. The first-order chi connectivity index (χ1) is 7.08. The van der Waals surface area contributed by atoms with E-state index in [4.69, 9.17) is 4.74 Å². The van der Waals surface area contributed by atoms with Crippen LogP contribution in [0.2, 0.25) is 0 Å². The van der Waals surface area contributed by atoms with Crippen LogP contribution in [0.15, 0.2) is 24.3 Å². The highest BCUT2D eigenvalue weighted by Crippen LogP contribution is 2.11. The number of benzene rings is 1. The van der Waals surface area contributed by atoms with E-state index in [1.807, 2.05) is 50.2 Å². The second kappa shape index (κ2) is 5.73. The van der Waals surface area contributed by atoms with Crippen LogP contribution in [-0.4, -0.2) is 43.4 Å². The third-order valence-electron chi connectivity index (χ3n) is 2.04. The fraction of sp³-hybridized carbons (Fsp3) is 0.500. The van der Waals surface area contributed by atoms with Gasteiger partial charge < -0.3 is 14.7 Å². The Labute approximate surface area is 91.3 Å². The molecule has 0 fully saturated rings. The largest absolute Gasteiger partial charge is 0.491 e. The molecule has 0 aliphatic rings. The molecule has 1 aromatic carbocycles. The molecule has 1 aromatic rings. The molecule has 0 heterocycles. The molecule has 3 heteroatoms. The Morgan fingerprint density at radius 2 is 1.87 bits per heavy atom. The molecule has 0 aliphatic carbocycles. The second-order valence-electron chi connectivity index (χ2n) is 4.04. The number of likely N-dealkylation sites (N-methyl/N-ethyl adjacent to an activating group) is 1. The van der Waals surface area contributed by atoms with Crippen molar-refractivity contribution in [3.63, 3.8) is 0 Å². The zero-order chi connectivity index (χ0) is 11.3. The molecular weight excluding hydrogens is 190 g/mol. The molecule has 1 N–H and O–H groups in total. The van der Waals surface area contributed by atoms with Gasteiger partial charge in [-0.15, -0.1) is 0 Å². The van der Waals surface area contributed by atoms with Crippen LogP contribution in [0.5, 0.6) is 5.75 Å². The van der Waals surface area contributed by atoms with Crippen LogP contribution >= 0.6 is 0 Å². The Morgan fingerprint density at radius 3 is 2.40 bits per heavy atom. The van der Waals surface area contributed by atoms with E-state index in [1.54, 1.807) is 0 Å². The number of aliphatic hydroxyl groups excluding tert-OH is 1. The van der Waals surface area contributed by atoms with Crippen molar-refractivity contribution in [2.45, 2.75) is 13.0 Å². The van der Waals surface area contributed by atoms with Crippen molar-refractivity contribution in [3.8, 4) is 5.75 Å². The number of hydrogen-bond acceptors (Lipinski definition) is 3. The van der Waals surface area contributed by atoms with E-state index < -0.39 is 6.10 Å². The summed E-state index contributed by atoms with van der Waals surface area (Å²) < 4.78 is 5.45. The van der Waals surface area contributed by atoms with E-state index in [1.165, 1.54) is 5.56 Å². The highest BCUT2D eigenvalue weighted by atomic mass is 16.5. The summed E-state index contributed by atoms with van der Waals surface area (Å²) in [5.41, 5.74) is 1.20. The van der Waals surface area contributed by atoms with Gasteiger partial charge in [0.1, 0.15) is 18.5 Å². The standard InChI is InChI=1S/C12H19NO2/c1-10-4-6-12(7-5-10)15-9-11(14)8-13(2)3/h4-7,11,14H,8-9H2,1-3H3. The van der Waals surface area contributed by atoms with Crippen LogP contribution in [-0.2, 0) is 0 Å². The van der Waals surface area contributed by atoms with Crippen molar-refractivity contribution in [1.82, 2.24) is 4.90 Å². The molecule has 0 amide bonds. The Bertz CT molecular complexity index is 282. The zero-order valence-electron chi connectivity index (χ0n) is 9.60. The van der Waals surface area contributed by atoms with Gasteiger partial charge in [0.15, 0.2) is 0 Å². The van der Waals surface area contributed by atoms with Gasteiger partial charge in [-0.2, -0.15) is 0 Å². The molecule has 0 saturated heterocycles. The molecule has 1 unspecified atom stereocenters. The highest BCUT2D eigenvalue weighted by molar-refractivity contribution is 5.26. The predicted octanol–water partition coefficient (Wildman–Crippen LogP) is 1.30. The van der Waals surface area contributed by atoms with Crippen LogP contribution in [0.3, 0.4) is 0 Å². The number of aliphatic hydroxyl groups is 1. The van der Waals surface area contributed by atoms with Crippen molar-refractivity contribution in [1.29, 1.82) is 0 Å². The second-order valence-corrected chi connectivity index (χ2v) is 4.04. The van der Waals surface area contributed by atoms with E-state index >= 15 is 0 Å². The molecule has 0 radical (unpaired) electrons. The average molecular weight is 209 g/mol. The van der Waals surface area contributed by atoms with Crippen LogP contribution in [0, 0.1) is 6.92 Å². The molecule has 0 aromatic heterocycles. The Hall–Kier alpha value is -1.06. The molecular formula is C12H19NO2. The smallest absolute Gasteiger partial charge is 0.119 e. The third kappa shape index (κ3) is 4.81. The summed E-state index contributed by atoms with van der Waals surface area (Å²) in [4.78, 5) is 1.93. The van der Waals surface area contributed by atoms with Crippen LogP contribution in [0.1, 0.15) is 5.56 Å². The lowest BCUT2D eigenvalue weighted by atomic mass is 10.2. The van der Waals surface area contributed by atoms with Gasteiger partial charge in [0.2, 0.25) is 0 Å². The normalized spacial score (nSPS) is 12.9. The Morgan fingerprint density at radius 1 is 1.27 bits per heavy atom. The summed E-state index contributed by atoms with van der Waals surface area (Å²) in [6.45, 7) is 2.98. The van der Waals surface area contributed by atoms with Gasteiger partial charge in [-0.3, -0.25) is 0 Å². The SMILES string of the molecule is Cc1ccc(OCC(O)CN(C)C)cc1.